The minimum Gasteiger partial charge on any atom is -0.323 e. The van der Waals surface area contributed by atoms with Crippen LogP contribution in [-0.2, 0) is 6.54 Å². The maximum Gasteiger partial charge on any atom is 0.0755 e. The Hall–Kier alpha value is -1.68. The molecule has 1 aromatic heterocycles. The average Bonchev–Trinajstić information content (AvgIpc) is 2.67. The van der Waals surface area contributed by atoms with Crippen LogP contribution in [0.25, 0.3) is 0 Å². The van der Waals surface area contributed by atoms with E-state index in [1.54, 1.807) is 6.20 Å². The Morgan fingerprint density at radius 1 is 1.33 bits per heavy atom. The molecule has 0 amide bonds. The minimum absolute atomic E-state index is 0.0382. The molecule has 0 saturated heterocycles. The summed E-state index contributed by atoms with van der Waals surface area (Å²) in [6.07, 6.45) is 1.72. The fourth-order valence-electron chi connectivity index (χ4n) is 1.50. The van der Waals surface area contributed by atoms with Gasteiger partial charge in [-0.2, -0.15) is 0 Å². The maximum absolute atomic E-state index is 5.81. The topological polar surface area (TPSA) is 56.7 Å². The van der Waals surface area contributed by atoms with Gasteiger partial charge in [-0.25, -0.2) is 4.68 Å². The van der Waals surface area contributed by atoms with Crippen molar-refractivity contribution in [1.82, 2.24) is 15.0 Å². The van der Waals surface area contributed by atoms with Crippen LogP contribution >= 0.6 is 0 Å². The molecule has 0 radical (unpaired) electrons. The average molecular weight is 202 g/mol. The van der Waals surface area contributed by atoms with Gasteiger partial charge in [0.2, 0.25) is 0 Å². The van der Waals surface area contributed by atoms with Gasteiger partial charge >= 0.3 is 0 Å². The molecular formula is C11H14N4. The first kappa shape index (κ1) is 9.86. The molecule has 1 atom stereocenters. The predicted octanol–water partition coefficient (Wildman–Crippen LogP) is 1.35. The van der Waals surface area contributed by atoms with Crippen molar-refractivity contribution in [2.24, 2.45) is 5.73 Å². The second-order valence-electron chi connectivity index (χ2n) is 3.59. The third kappa shape index (κ3) is 2.22. The second kappa shape index (κ2) is 4.23. The lowest BCUT2D eigenvalue weighted by Crippen LogP contribution is -2.13. The molecule has 78 valence electrons. The van der Waals surface area contributed by atoms with E-state index >= 15 is 0 Å². The third-order valence-electron chi connectivity index (χ3n) is 2.29. The van der Waals surface area contributed by atoms with Crippen LogP contribution in [0, 0.1) is 0 Å². The summed E-state index contributed by atoms with van der Waals surface area (Å²) in [4.78, 5) is 0. The molecule has 15 heavy (non-hydrogen) atoms. The van der Waals surface area contributed by atoms with Crippen molar-refractivity contribution < 1.29 is 0 Å². The van der Waals surface area contributed by atoms with Crippen molar-refractivity contribution in [1.29, 1.82) is 0 Å². The van der Waals surface area contributed by atoms with E-state index in [0.717, 1.165) is 12.2 Å². The Kier molecular flexibility index (Phi) is 2.78. The summed E-state index contributed by atoms with van der Waals surface area (Å²) in [5.74, 6) is 0. The lowest BCUT2D eigenvalue weighted by Gasteiger charge is -2.08. The molecule has 2 aromatic rings. The van der Waals surface area contributed by atoms with Crippen LogP contribution in [0.1, 0.15) is 24.2 Å². The molecular weight excluding hydrogens is 188 g/mol. The standard InChI is InChI=1S/C11H14N4/c1-9(12)11-7-13-14-15(11)8-10-5-3-2-4-6-10/h2-7,9H,8,12H2,1H3/t9-/m1/s1. The molecule has 0 spiro atoms. The number of nitrogens with zero attached hydrogens (tertiary/aromatic N) is 3. The lowest BCUT2D eigenvalue weighted by molar-refractivity contribution is 0.590. The highest BCUT2D eigenvalue weighted by atomic mass is 15.4. The van der Waals surface area contributed by atoms with Crippen molar-refractivity contribution in [3.05, 3.63) is 47.8 Å². The van der Waals surface area contributed by atoms with Gasteiger partial charge in [0.25, 0.3) is 0 Å². The first-order chi connectivity index (χ1) is 7.27. The van der Waals surface area contributed by atoms with Gasteiger partial charge in [0.1, 0.15) is 0 Å². The summed E-state index contributed by atoms with van der Waals surface area (Å²) < 4.78 is 1.83. The van der Waals surface area contributed by atoms with E-state index < -0.39 is 0 Å². The monoisotopic (exact) mass is 202 g/mol. The van der Waals surface area contributed by atoms with E-state index in [-0.39, 0.29) is 6.04 Å². The van der Waals surface area contributed by atoms with Crippen LogP contribution in [-0.4, -0.2) is 15.0 Å². The molecule has 0 aliphatic carbocycles. The molecule has 4 nitrogen and oxygen atoms in total. The smallest absolute Gasteiger partial charge is 0.0755 e. The Morgan fingerprint density at radius 3 is 2.73 bits per heavy atom. The van der Waals surface area contributed by atoms with Crippen molar-refractivity contribution >= 4 is 0 Å². The predicted molar refractivity (Wildman–Crippen MR) is 58.2 cm³/mol. The SMILES string of the molecule is C[C@@H](N)c1cnnn1Cc1ccccc1. The zero-order valence-electron chi connectivity index (χ0n) is 8.67. The Bertz CT molecular complexity index is 419. The Labute approximate surface area is 88.7 Å². The molecule has 0 aliphatic heterocycles. The number of rotatable bonds is 3. The molecule has 1 heterocycles. The van der Waals surface area contributed by atoms with Gasteiger partial charge in [0, 0.05) is 6.04 Å². The molecule has 2 N–H and O–H groups in total. The Balaban J connectivity index is 2.21. The zero-order chi connectivity index (χ0) is 10.7. The summed E-state index contributed by atoms with van der Waals surface area (Å²) in [5, 5.41) is 7.89. The van der Waals surface area contributed by atoms with Gasteiger partial charge in [-0.3, -0.25) is 0 Å². The summed E-state index contributed by atoms with van der Waals surface area (Å²) in [6.45, 7) is 2.65. The molecule has 0 bridgehead atoms. The molecule has 2 rings (SSSR count). The van der Waals surface area contributed by atoms with Gasteiger partial charge in [0.15, 0.2) is 0 Å². The summed E-state index contributed by atoms with van der Waals surface area (Å²) in [5.41, 5.74) is 7.97. The first-order valence-electron chi connectivity index (χ1n) is 4.95. The summed E-state index contributed by atoms with van der Waals surface area (Å²) in [7, 11) is 0. The van der Waals surface area contributed by atoms with Crippen LogP contribution in [0.3, 0.4) is 0 Å². The van der Waals surface area contributed by atoms with Gasteiger partial charge in [-0.15, -0.1) is 5.10 Å². The van der Waals surface area contributed by atoms with E-state index in [1.807, 2.05) is 29.8 Å². The van der Waals surface area contributed by atoms with Crippen LogP contribution in [0.2, 0.25) is 0 Å². The van der Waals surface area contributed by atoms with Gasteiger partial charge in [-0.1, -0.05) is 35.5 Å². The van der Waals surface area contributed by atoms with Crippen molar-refractivity contribution in [2.75, 3.05) is 0 Å². The van der Waals surface area contributed by atoms with Crippen molar-refractivity contribution in [2.45, 2.75) is 19.5 Å². The fraction of sp³-hybridized carbons (Fsp3) is 0.273. The third-order valence-corrected chi connectivity index (χ3v) is 2.29. The number of benzene rings is 1. The number of hydrogen-bond acceptors (Lipinski definition) is 3. The van der Waals surface area contributed by atoms with Crippen LogP contribution in [0.4, 0.5) is 0 Å². The van der Waals surface area contributed by atoms with Crippen molar-refractivity contribution in [3.8, 4) is 0 Å². The van der Waals surface area contributed by atoms with E-state index in [9.17, 15) is 0 Å². The lowest BCUT2D eigenvalue weighted by atomic mass is 10.2. The molecule has 4 heteroatoms. The molecule has 0 saturated carbocycles. The molecule has 0 fully saturated rings. The van der Waals surface area contributed by atoms with Gasteiger partial charge in [-0.05, 0) is 12.5 Å². The zero-order valence-corrected chi connectivity index (χ0v) is 8.67. The molecule has 1 aromatic carbocycles. The highest BCUT2D eigenvalue weighted by molar-refractivity contribution is 5.15. The number of nitrogens with two attached hydrogens (primary N) is 1. The van der Waals surface area contributed by atoms with Crippen LogP contribution in [0.15, 0.2) is 36.5 Å². The van der Waals surface area contributed by atoms with E-state index in [4.69, 9.17) is 5.73 Å². The van der Waals surface area contributed by atoms with Crippen molar-refractivity contribution in [3.63, 3.8) is 0 Å². The minimum atomic E-state index is -0.0382. The largest absolute Gasteiger partial charge is 0.323 e. The molecule has 0 aliphatic rings. The van der Waals surface area contributed by atoms with Crippen LogP contribution < -0.4 is 5.73 Å². The summed E-state index contributed by atoms with van der Waals surface area (Å²) in [6, 6.07) is 10.1. The number of hydrogen-bond donors (Lipinski definition) is 1. The Morgan fingerprint density at radius 2 is 2.07 bits per heavy atom. The summed E-state index contributed by atoms with van der Waals surface area (Å²) >= 11 is 0. The highest BCUT2D eigenvalue weighted by Gasteiger charge is 2.07. The maximum atomic E-state index is 5.81. The highest BCUT2D eigenvalue weighted by Crippen LogP contribution is 2.09. The van der Waals surface area contributed by atoms with Crippen LogP contribution in [0.5, 0.6) is 0 Å². The second-order valence-corrected chi connectivity index (χ2v) is 3.59. The normalized spacial score (nSPS) is 12.7. The van der Waals surface area contributed by atoms with Gasteiger partial charge in [0.05, 0.1) is 18.4 Å². The first-order valence-corrected chi connectivity index (χ1v) is 4.95. The van der Waals surface area contributed by atoms with E-state index in [0.29, 0.717) is 0 Å². The molecule has 0 unspecified atom stereocenters. The number of aromatic nitrogens is 3. The fourth-order valence-corrected chi connectivity index (χ4v) is 1.50. The quantitative estimate of drug-likeness (QED) is 0.817. The van der Waals surface area contributed by atoms with E-state index in [2.05, 4.69) is 22.4 Å². The van der Waals surface area contributed by atoms with Gasteiger partial charge < -0.3 is 5.73 Å². The van der Waals surface area contributed by atoms with E-state index in [1.165, 1.54) is 5.56 Å².